The van der Waals surface area contributed by atoms with Gasteiger partial charge in [-0.25, -0.2) is 17.7 Å². The number of halogens is 4. The minimum Gasteiger partial charge on any atom is -0.489 e. The van der Waals surface area contributed by atoms with Crippen molar-refractivity contribution in [3.63, 3.8) is 0 Å². The molecule has 4 aromatic rings. The van der Waals surface area contributed by atoms with Gasteiger partial charge in [0.2, 0.25) is 5.95 Å². The minimum atomic E-state index is -3.55. The summed E-state index contributed by atoms with van der Waals surface area (Å²) in [5.74, 6) is -4.64. The first kappa shape index (κ1) is 22.9. The van der Waals surface area contributed by atoms with E-state index in [9.17, 15) is 13.9 Å². The monoisotopic (exact) mass is 476 g/mol. The number of ether oxygens (including phenoxy) is 1. The van der Waals surface area contributed by atoms with Crippen molar-refractivity contribution in [1.82, 2.24) is 14.6 Å². The molecule has 1 unspecified atom stereocenters. The lowest BCUT2D eigenvalue weighted by atomic mass is 9.87. The summed E-state index contributed by atoms with van der Waals surface area (Å²) in [4.78, 5) is 4.04. The Balaban J connectivity index is 1.55. The molecule has 2 aromatic carbocycles. The number of anilines is 1. The molecular formula is C23H20ClF3N4O2. The van der Waals surface area contributed by atoms with Gasteiger partial charge < -0.3 is 15.6 Å². The number of nitrogens with zero attached hydrogens (tertiary/aromatic N) is 3. The van der Waals surface area contributed by atoms with Crippen molar-refractivity contribution in [1.29, 1.82) is 0 Å². The largest absolute Gasteiger partial charge is 0.489 e. The van der Waals surface area contributed by atoms with Crippen LogP contribution in [0.2, 0.25) is 5.02 Å². The van der Waals surface area contributed by atoms with Crippen LogP contribution in [0.3, 0.4) is 0 Å². The third-order valence-corrected chi connectivity index (χ3v) is 5.72. The zero-order valence-electron chi connectivity index (χ0n) is 17.5. The van der Waals surface area contributed by atoms with Crippen LogP contribution in [-0.2, 0) is 5.60 Å². The molecule has 0 saturated heterocycles. The van der Waals surface area contributed by atoms with Crippen LogP contribution in [0.25, 0.3) is 16.8 Å². The maximum absolute atomic E-state index is 15.2. The smallest absolute Gasteiger partial charge is 0.283 e. The van der Waals surface area contributed by atoms with Crippen LogP contribution in [0.15, 0.2) is 60.8 Å². The molecule has 2 aromatic heterocycles. The van der Waals surface area contributed by atoms with E-state index < -0.39 is 30.4 Å². The first-order chi connectivity index (χ1) is 15.6. The summed E-state index contributed by atoms with van der Waals surface area (Å²) in [6.45, 7) is 0.458. The molecule has 0 saturated carbocycles. The molecule has 10 heteroatoms. The predicted octanol–water partition coefficient (Wildman–Crippen LogP) is 5.08. The van der Waals surface area contributed by atoms with Gasteiger partial charge in [0.15, 0.2) is 22.8 Å². The Kier molecular flexibility index (Phi) is 5.94. The molecule has 6 nitrogen and oxygen atoms in total. The summed E-state index contributed by atoms with van der Waals surface area (Å²) in [5.41, 5.74) is 4.20. The molecule has 0 amide bonds. The molecule has 0 aliphatic heterocycles. The molecule has 0 fully saturated rings. The highest BCUT2D eigenvalue weighted by Gasteiger charge is 2.49. The zero-order chi connectivity index (χ0) is 23.8. The number of benzene rings is 2. The number of pyridine rings is 1. The first-order valence-electron chi connectivity index (χ1n) is 9.99. The molecule has 1 atom stereocenters. The van der Waals surface area contributed by atoms with Crippen LogP contribution in [0.1, 0.15) is 18.9 Å². The van der Waals surface area contributed by atoms with Gasteiger partial charge in [0.05, 0.1) is 11.6 Å². The van der Waals surface area contributed by atoms with Crippen LogP contribution >= 0.6 is 11.6 Å². The SMILES string of the molecule is CC(O)(c1ccccc1)C(F)(F)CCOc1c(Cl)ccc(-c2ccn3nc(N)nc3c2)c1F. The summed E-state index contributed by atoms with van der Waals surface area (Å²) in [5, 5.41) is 14.4. The summed E-state index contributed by atoms with van der Waals surface area (Å²) in [7, 11) is 0. The number of aliphatic hydroxyl groups is 1. The average Bonchev–Trinajstić information content (AvgIpc) is 3.15. The van der Waals surface area contributed by atoms with Crippen molar-refractivity contribution in [2.75, 3.05) is 12.3 Å². The van der Waals surface area contributed by atoms with Crippen LogP contribution < -0.4 is 10.5 Å². The highest BCUT2D eigenvalue weighted by molar-refractivity contribution is 6.32. The molecule has 172 valence electrons. The van der Waals surface area contributed by atoms with E-state index in [0.717, 1.165) is 6.92 Å². The Hall–Kier alpha value is -3.30. The number of fused-ring (bicyclic) bond motifs is 1. The lowest BCUT2D eigenvalue weighted by Gasteiger charge is -2.33. The molecule has 3 N–H and O–H groups in total. The predicted molar refractivity (Wildman–Crippen MR) is 119 cm³/mol. The third kappa shape index (κ3) is 4.34. The van der Waals surface area contributed by atoms with Crippen LogP contribution in [0.4, 0.5) is 19.1 Å². The minimum absolute atomic E-state index is 0.0609. The topological polar surface area (TPSA) is 85.7 Å². The van der Waals surface area contributed by atoms with Crippen LogP contribution in [-0.4, -0.2) is 32.2 Å². The van der Waals surface area contributed by atoms with Gasteiger partial charge in [-0.1, -0.05) is 41.9 Å². The van der Waals surface area contributed by atoms with Gasteiger partial charge >= 0.3 is 0 Å². The second-order valence-corrected chi connectivity index (χ2v) is 8.07. The van der Waals surface area contributed by atoms with Crippen LogP contribution in [0, 0.1) is 5.82 Å². The van der Waals surface area contributed by atoms with Crippen molar-refractivity contribution >= 4 is 23.2 Å². The Morgan fingerprint density at radius 1 is 1.15 bits per heavy atom. The number of hydrogen-bond acceptors (Lipinski definition) is 5. The van der Waals surface area contributed by atoms with E-state index in [-0.39, 0.29) is 27.8 Å². The molecule has 2 heterocycles. The molecular weight excluding hydrogens is 457 g/mol. The fourth-order valence-corrected chi connectivity index (χ4v) is 3.65. The van der Waals surface area contributed by atoms with E-state index in [1.54, 1.807) is 36.5 Å². The van der Waals surface area contributed by atoms with Gasteiger partial charge in [-0.3, -0.25) is 0 Å². The molecule has 0 spiro atoms. The first-order valence-corrected chi connectivity index (χ1v) is 10.4. The molecule has 0 radical (unpaired) electrons. The Morgan fingerprint density at radius 2 is 1.88 bits per heavy atom. The lowest BCUT2D eigenvalue weighted by Crippen LogP contribution is -2.43. The van der Waals surface area contributed by atoms with Crippen molar-refractivity contribution < 1.29 is 23.0 Å². The number of aromatic nitrogens is 3. The quantitative estimate of drug-likeness (QED) is 0.388. The molecule has 0 aliphatic rings. The normalized spacial score (nSPS) is 13.8. The number of hydrogen-bond donors (Lipinski definition) is 2. The fraction of sp³-hybridized carbons (Fsp3) is 0.217. The van der Waals surface area contributed by atoms with Gasteiger partial charge in [-0.15, -0.1) is 5.10 Å². The van der Waals surface area contributed by atoms with Crippen molar-refractivity contribution in [3.8, 4) is 16.9 Å². The molecule has 4 rings (SSSR count). The standard InChI is InChI=1S/C23H20ClF3N4O2/c1-22(32,15-5-3-2-4-6-15)23(26,27)10-12-33-20-17(24)8-7-16(19(20)25)14-9-11-31-18(13-14)29-21(28)30-31/h2-9,11,13,32H,10,12H2,1H3,(H2,28,30). The van der Waals surface area contributed by atoms with Gasteiger partial charge in [-0.05, 0) is 42.3 Å². The number of nitrogen functional groups attached to an aromatic ring is 1. The number of rotatable bonds is 7. The number of nitrogens with two attached hydrogens (primary N) is 1. The summed E-state index contributed by atoms with van der Waals surface area (Å²) < 4.78 is 51.6. The maximum atomic E-state index is 15.2. The third-order valence-electron chi connectivity index (χ3n) is 5.42. The summed E-state index contributed by atoms with van der Waals surface area (Å²) in [6.07, 6.45) is 0.703. The van der Waals surface area contributed by atoms with Gasteiger partial charge in [0.25, 0.3) is 5.92 Å². The average molecular weight is 477 g/mol. The van der Waals surface area contributed by atoms with Crippen molar-refractivity contribution in [2.24, 2.45) is 0 Å². The highest BCUT2D eigenvalue weighted by atomic mass is 35.5. The Bertz CT molecular complexity index is 1300. The van der Waals surface area contributed by atoms with E-state index in [4.69, 9.17) is 22.1 Å². The van der Waals surface area contributed by atoms with E-state index >= 15 is 4.39 Å². The van der Waals surface area contributed by atoms with Crippen molar-refractivity contribution in [2.45, 2.75) is 24.9 Å². The van der Waals surface area contributed by atoms with Crippen LogP contribution in [0.5, 0.6) is 5.75 Å². The molecule has 0 bridgehead atoms. The Morgan fingerprint density at radius 3 is 2.61 bits per heavy atom. The zero-order valence-corrected chi connectivity index (χ0v) is 18.2. The van der Waals surface area contributed by atoms with Gasteiger partial charge in [0, 0.05) is 18.2 Å². The Labute approximate surface area is 192 Å². The van der Waals surface area contributed by atoms with E-state index in [2.05, 4.69) is 10.1 Å². The van der Waals surface area contributed by atoms with Crippen molar-refractivity contribution in [3.05, 3.63) is 77.2 Å². The summed E-state index contributed by atoms with van der Waals surface area (Å²) >= 11 is 6.08. The number of alkyl halides is 2. The van der Waals surface area contributed by atoms with Gasteiger partial charge in [-0.2, -0.15) is 4.98 Å². The maximum Gasteiger partial charge on any atom is 0.283 e. The van der Waals surface area contributed by atoms with E-state index in [0.29, 0.717) is 11.2 Å². The molecule has 0 aliphatic carbocycles. The lowest BCUT2D eigenvalue weighted by molar-refractivity contribution is -0.184. The summed E-state index contributed by atoms with van der Waals surface area (Å²) in [6, 6.07) is 13.6. The van der Waals surface area contributed by atoms with E-state index in [1.165, 1.54) is 28.8 Å². The highest BCUT2D eigenvalue weighted by Crippen LogP contribution is 2.41. The fourth-order valence-electron chi connectivity index (χ4n) is 3.45. The second kappa shape index (κ2) is 8.57. The second-order valence-electron chi connectivity index (χ2n) is 7.67. The molecule has 33 heavy (non-hydrogen) atoms. The van der Waals surface area contributed by atoms with Gasteiger partial charge in [0.1, 0.15) is 0 Å². The van der Waals surface area contributed by atoms with E-state index in [1.807, 2.05) is 0 Å².